The Bertz CT molecular complexity index is 1460. The Morgan fingerprint density at radius 1 is 0.947 bits per heavy atom. The minimum atomic E-state index is -1.49. The first kappa shape index (κ1) is 27.9. The zero-order valence-corrected chi connectivity index (χ0v) is 23.7. The van der Waals surface area contributed by atoms with Gasteiger partial charge in [-0.1, -0.05) is 70.1 Å². The van der Waals surface area contributed by atoms with E-state index in [9.17, 15) is 5.11 Å². The largest absolute Gasteiger partial charge is 0.383 e. The highest BCUT2D eigenvalue weighted by Crippen LogP contribution is 2.42. The van der Waals surface area contributed by atoms with Crippen LogP contribution in [0.2, 0.25) is 25.2 Å². The molecule has 2 aromatic heterocycles. The van der Waals surface area contributed by atoms with E-state index in [2.05, 4.69) is 9.97 Å². The number of nitrogens with zero attached hydrogens (tertiary/aromatic N) is 3. The summed E-state index contributed by atoms with van der Waals surface area (Å²) in [6.45, 7) is 2.09. The molecule has 0 saturated carbocycles. The Labute approximate surface area is 244 Å². The zero-order valence-electron chi connectivity index (χ0n) is 20.0. The summed E-state index contributed by atoms with van der Waals surface area (Å²) in [5, 5.41) is 14.7. The van der Waals surface area contributed by atoms with Gasteiger partial charge in [0.15, 0.2) is 6.23 Å². The van der Waals surface area contributed by atoms with Gasteiger partial charge in [0, 0.05) is 26.3 Å². The lowest BCUT2D eigenvalue weighted by molar-refractivity contribution is -0.114. The fraction of sp³-hybridized carbons (Fsp3) is 0.308. The average molecular weight is 618 g/mol. The third-order valence-corrected chi connectivity index (χ3v) is 7.89. The van der Waals surface area contributed by atoms with Gasteiger partial charge < -0.3 is 23.9 Å². The highest BCUT2D eigenvalue weighted by Gasteiger charge is 2.55. The molecule has 2 aromatic carbocycles. The fourth-order valence-corrected chi connectivity index (χ4v) is 5.63. The summed E-state index contributed by atoms with van der Waals surface area (Å²) >= 11 is 30.9. The summed E-state index contributed by atoms with van der Waals surface area (Å²) in [5.74, 6) is 0. The van der Waals surface area contributed by atoms with E-state index in [1.165, 1.54) is 6.33 Å². The van der Waals surface area contributed by atoms with Crippen LogP contribution >= 0.6 is 58.0 Å². The molecule has 1 aliphatic rings. The summed E-state index contributed by atoms with van der Waals surface area (Å²) < 4.78 is 20.3. The number of halogens is 5. The molecule has 12 heteroatoms. The number of aromatic nitrogens is 3. The normalized spacial score (nSPS) is 23.4. The van der Waals surface area contributed by atoms with E-state index in [4.69, 9.17) is 72.2 Å². The standard InChI is InChI=1S/C26H22Cl5N3O4/c1-26(35)22(37-11-15-3-5-17(28)9-20(15)30)21(12-36-10-14-2-4-16(27)8-19(14)29)38-25(26)34-7-6-18-23(31)32-13-33-24(18)34/h2-9,13,21-22,25,35H,10-12H2,1H3. The van der Waals surface area contributed by atoms with Crippen molar-refractivity contribution in [2.75, 3.05) is 6.61 Å². The van der Waals surface area contributed by atoms with E-state index in [0.717, 1.165) is 5.56 Å². The summed E-state index contributed by atoms with van der Waals surface area (Å²) in [5.41, 5.74) is 0.512. The molecular weight excluding hydrogens is 596 g/mol. The Morgan fingerprint density at radius 3 is 2.26 bits per heavy atom. The second kappa shape index (κ2) is 11.5. The van der Waals surface area contributed by atoms with Gasteiger partial charge in [0.2, 0.25) is 0 Å². The van der Waals surface area contributed by atoms with E-state index in [1.54, 1.807) is 60.2 Å². The highest BCUT2D eigenvalue weighted by molar-refractivity contribution is 6.35. The number of aliphatic hydroxyl groups is 1. The van der Waals surface area contributed by atoms with Gasteiger partial charge in [-0.3, -0.25) is 0 Å². The number of hydrogen-bond donors (Lipinski definition) is 1. The lowest BCUT2D eigenvalue weighted by Crippen LogP contribution is -2.46. The van der Waals surface area contributed by atoms with Crippen molar-refractivity contribution in [3.63, 3.8) is 0 Å². The molecule has 7 nitrogen and oxygen atoms in total. The molecule has 1 aliphatic heterocycles. The van der Waals surface area contributed by atoms with Crippen LogP contribution in [0, 0.1) is 0 Å². The van der Waals surface area contributed by atoms with Gasteiger partial charge >= 0.3 is 0 Å². The number of benzene rings is 2. The molecule has 0 spiro atoms. The van der Waals surface area contributed by atoms with Gasteiger partial charge in [0.05, 0.1) is 25.2 Å². The molecule has 0 bridgehead atoms. The molecule has 0 amide bonds. The minimum Gasteiger partial charge on any atom is -0.383 e. The van der Waals surface area contributed by atoms with Crippen molar-refractivity contribution < 1.29 is 19.3 Å². The van der Waals surface area contributed by atoms with Gasteiger partial charge in [-0.05, 0) is 48.4 Å². The van der Waals surface area contributed by atoms with Crippen molar-refractivity contribution in [1.29, 1.82) is 0 Å². The molecule has 200 valence electrons. The Kier molecular flexibility index (Phi) is 8.41. The van der Waals surface area contributed by atoms with Crippen molar-refractivity contribution in [2.24, 2.45) is 0 Å². The third kappa shape index (κ3) is 5.63. The zero-order chi connectivity index (χ0) is 27.0. The molecule has 1 fully saturated rings. The van der Waals surface area contributed by atoms with Crippen LogP contribution in [0.5, 0.6) is 0 Å². The molecular formula is C26H22Cl5N3O4. The van der Waals surface area contributed by atoms with Crippen molar-refractivity contribution in [3.8, 4) is 0 Å². The smallest absolute Gasteiger partial charge is 0.167 e. The molecule has 38 heavy (non-hydrogen) atoms. The van der Waals surface area contributed by atoms with Crippen molar-refractivity contribution >= 4 is 69.0 Å². The Balaban J connectivity index is 1.40. The Hall–Kier alpha value is -1.65. The van der Waals surface area contributed by atoms with Crippen LogP contribution in [0.25, 0.3) is 11.0 Å². The first-order valence-electron chi connectivity index (χ1n) is 11.6. The van der Waals surface area contributed by atoms with Gasteiger partial charge in [-0.15, -0.1) is 0 Å². The van der Waals surface area contributed by atoms with Gasteiger partial charge in [-0.2, -0.15) is 0 Å². The third-order valence-electron chi connectivity index (χ3n) is 6.42. The summed E-state index contributed by atoms with van der Waals surface area (Å²) in [6, 6.07) is 12.1. The minimum absolute atomic E-state index is 0.111. The lowest BCUT2D eigenvalue weighted by Gasteiger charge is -2.30. The maximum atomic E-state index is 11.8. The maximum absolute atomic E-state index is 11.8. The van der Waals surface area contributed by atoms with Crippen LogP contribution in [-0.2, 0) is 27.4 Å². The summed E-state index contributed by atoms with van der Waals surface area (Å²) in [4.78, 5) is 8.37. The molecule has 3 heterocycles. The fourth-order valence-electron chi connectivity index (χ4n) is 4.51. The SMILES string of the molecule is CC1(O)C(OCc2ccc(Cl)cc2Cl)C(COCc2ccc(Cl)cc2Cl)OC1n1ccc2c(Cl)ncnc21. The molecule has 0 radical (unpaired) electrons. The number of hydrogen-bond acceptors (Lipinski definition) is 6. The highest BCUT2D eigenvalue weighted by atomic mass is 35.5. The second-order valence-corrected chi connectivity index (χ2v) is 11.1. The van der Waals surface area contributed by atoms with Crippen LogP contribution < -0.4 is 0 Å². The topological polar surface area (TPSA) is 78.6 Å². The van der Waals surface area contributed by atoms with Crippen LogP contribution in [0.3, 0.4) is 0 Å². The van der Waals surface area contributed by atoms with Crippen LogP contribution in [-0.4, -0.2) is 44.1 Å². The molecule has 0 aliphatic carbocycles. The molecule has 1 N–H and O–H groups in total. The van der Waals surface area contributed by atoms with Crippen molar-refractivity contribution in [2.45, 2.75) is 44.2 Å². The second-order valence-electron chi connectivity index (χ2n) is 9.10. The van der Waals surface area contributed by atoms with Crippen LogP contribution in [0.15, 0.2) is 55.0 Å². The quantitative estimate of drug-likeness (QED) is 0.212. The van der Waals surface area contributed by atoms with E-state index in [0.29, 0.717) is 41.8 Å². The van der Waals surface area contributed by atoms with Crippen LogP contribution in [0.4, 0.5) is 0 Å². The van der Waals surface area contributed by atoms with E-state index in [-0.39, 0.29) is 19.8 Å². The average Bonchev–Trinajstić information content (AvgIpc) is 3.39. The monoisotopic (exact) mass is 615 g/mol. The van der Waals surface area contributed by atoms with E-state index < -0.39 is 24.0 Å². The molecule has 4 unspecified atom stereocenters. The Morgan fingerprint density at radius 2 is 1.61 bits per heavy atom. The first-order chi connectivity index (χ1) is 18.1. The number of ether oxygens (including phenoxy) is 3. The van der Waals surface area contributed by atoms with E-state index in [1.807, 2.05) is 0 Å². The van der Waals surface area contributed by atoms with Crippen LogP contribution in [0.1, 0.15) is 24.3 Å². The maximum Gasteiger partial charge on any atom is 0.167 e. The molecule has 1 saturated heterocycles. The number of rotatable bonds is 8. The predicted molar refractivity (Wildman–Crippen MR) is 148 cm³/mol. The van der Waals surface area contributed by atoms with Crippen molar-refractivity contribution in [1.82, 2.24) is 14.5 Å². The van der Waals surface area contributed by atoms with Gasteiger partial charge in [0.1, 0.15) is 34.9 Å². The molecule has 5 rings (SSSR count). The number of fused-ring (bicyclic) bond motifs is 1. The van der Waals surface area contributed by atoms with Crippen molar-refractivity contribution in [3.05, 3.63) is 91.4 Å². The lowest BCUT2D eigenvalue weighted by atomic mass is 9.96. The predicted octanol–water partition coefficient (Wildman–Crippen LogP) is 7.15. The van der Waals surface area contributed by atoms with Gasteiger partial charge in [-0.25, -0.2) is 9.97 Å². The molecule has 4 atom stereocenters. The molecule has 4 aromatic rings. The summed E-state index contributed by atoms with van der Waals surface area (Å²) in [7, 11) is 0. The first-order valence-corrected chi connectivity index (χ1v) is 13.5. The van der Waals surface area contributed by atoms with E-state index >= 15 is 0 Å². The summed E-state index contributed by atoms with van der Waals surface area (Å²) in [6.07, 6.45) is 0.799. The van der Waals surface area contributed by atoms with Gasteiger partial charge in [0.25, 0.3) is 0 Å².